The van der Waals surface area contributed by atoms with E-state index in [2.05, 4.69) is 53.9 Å². The highest BCUT2D eigenvalue weighted by Crippen LogP contribution is 2.50. The lowest BCUT2D eigenvalue weighted by atomic mass is 9.94. The second-order valence-corrected chi connectivity index (χ2v) is 22.3. The van der Waals surface area contributed by atoms with Crippen LogP contribution >= 0.6 is 0 Å². The molecule has 0 bridgehead atoms. The van der Waals surface area contributed by atoms with Crippen LogP contribution in [0.4, 0.5) is 11.4 Å². The Kier molecular flexibility index (Phi) is 20.7. The Morgan fingerprint density at radius 3 is 2.13 bits per heavy atom. The van der Waals surface area contributed by atoms with Gasteiger partial charge in [-0.05, 0) is 100 Å². The molecule has 4 aliphatic heterocycles. The largest absolute Gasteiger partial charge is 0.497 e. The number of carbonyl (C=O) groups excluding carboxylic acids is 7. The number of ether oxygens (including phenoxy) is 5. The maximum Gasteiger partial charge on any atom is 0.260 e. The first-order chi connectivity index (χ1) is 39.7. The number of nitrogens with zero attached hydrogens (tertiary/aromatic N) is 4. The van der Waals surface area contributed by atoms with Crippen molar-refractivity contribution in [1.82, 2.24) is 36.4 Å². The minimum atomic E-state index is -1.01. The molecule has 4 unspecified atom stereocenters. The van der Waals surface area contributed by atoms with Crippen LogP contribution in [0.5, 0.6) is 28.7 Å². The molecular weight excluding hydrogens is 1060 g/mol. The molecule has 7 rings (SSSR count). The summed E-state index contributed by atoms with van der Waals surface area (Å²) in [7, 11) is 4.59. The van der Waals surface area contributed by atoms with E-state index >= 15 is 0 Å². The summed E-state index contributed by atoms with van der Waals surface area (Å²) in [5.74, 6) is -0.585. The van der Waals surface area contributed by atoms with Crippen molar-refractivity contribution in [3.63, 3.8) is 0 Å². The fourth-order valence-corrected chi connectivity index (χ4v) is 10.6. The van der Waals surface area contributed by atoms with Gasteiger partial charge >= 0.3 is 0 Å². The number of nitrogens with one attached hydrogen (secondary N) is 5. The van der Waals surface area contributed by atoms with Crippen LogP contribution in [0.1, 0.15) is 146 Å². The fourth-order valence-electron chi connectivity index (χ4n) is 10.6. The Labute approximate surface area is 487 Å². The summed E-state index contributed by atoms with van der Waals surface area (Å²) < 4.78 is 29.2. The third kappa shape index (κ3) is 14.3. The maximum absolute atomic E-state index is 13.9. The van der Waals surface area contributed by atoms with E-state index in [1.54, 1.807) is 63.3 Å². The number of carbonyl (C=O) groups is 7. The molecule has 0 aliphatic carbocycles. The number of aliphatic imine (C=N–C) groups is 1. The van der Waals surface area contributed by atoms with E-state index in [9.17, 15) is 33.6 Å². The Balaban J connectivity index is 0.929. The number of imide groups is 1. The predicted octanol–water partition coefficient (Wildman–Crippen LogP) is 7.34. The monoisotopic (exact) mass is 1150 g/mol. The lowest BCUT2D eigenvalue weighted by Crippen LogP contribution is -2.55. The molecule has 0 radical (unpaired) electrons. The van der Waals surface area contributed by atoms with Gasteiger partial charge in [0.25, 0.3) is 11.8 Å². The summed E-state index contributed by atoms with van der Waals surface area (Å²) in [5.41, 5.74) is 2.64. The molecule has 21 nitrogen and oxygen atoms in total. The number of methoxy groups -OCH3 is 3. The van der Waals surface area contributed by atoms with E-state index in [4.69, 9.17) is 28.7 Å². The quantitative estimate of drug-likeness (QED) is 0.0249. The summed E-state index contributed by atoms with van der Waals surface area (Å²) in [6, 6.07) is 11.6. The molecule has 83 heavy (non-hydrogen) atoms. The van der Waals surface area contributed by atoms with E-state index in [0.717, 1.165) is 29.7 Å². The molecule has 3 aromatic carbocycles. The van der Waals surface area contributed by atoms with Crippen molar-refractivity contribution in [2.75, 3.05) is 46.0 Å². The van der Waals surface area contributed by atoms with Gasteiger partial charge in [0.05, 0.1) is 81.1 Å². The molecule has 3 aromatic rings. The number of rotatable bonds is 30. The summed E-state index contributed by atoms with van der Waals surface area (Å²) in [5, 5.41) is 14.7. The highest BCUT2D eigenvalue weighted by atomic mass is 16.5. The number of likely N-dealkylation sites (tertiary alicyclic amines) is 1. The van der Waals surface area contributed by atoms with Gasteiger partial charge in [-0.3, -0.25) is 43.5 Å². The molecular formula is C62H83N9O12. The van der Waals surface area contributed by atoms with Gasteiger partial charge in [-0.1, -0.05) is 59.8 Å². The molecule has 4 heterocycles. The summed E-state index contributed by atoms with van der Waals surface area (Å²) >= 11 is 0. The Morgan fingerprint density at radius 1 is 0.831 bits per heavy atom. The van der Waals surface area contributed by atoms with Gasteiger partial charge in [-0.25, -0.2) is 0 Å². The molecule has 21 heteroatoms. The van der Waals surface area contributed by atoms with Crippen molar-refractivity contribution in [2.24, 2.45) is 10.9 Å². The number of hydrogen-bond acceptors (Lipinski definition) is 15. The first-order valence-electron chi connectivity index (χ1n) is 28.8. The molecule has 0 spiro atoms. The standard InChI is InChI=1S/C62H83N9O12/c1-13-61(8,14-2)68-46-33-53(73)69(59(46)78)26-19-17-18-21-52(72)66-54(37(5)6)57(76)65-38(7)55(74)67-60-62(9,15-3)71(60)47-34-51(49(81-12)31-44(47)56(75)63-16-4)83-28-20-27-82-50-32-45-43(30-48(50)80-11)58(77)70-36-40(29-41(70)35-64-45)39-22-24-42(79-10)25-23-39/h16,22-25,30-32,34-38,41,46,54,60,68H,4,13-15,17-21,26-29,33H2,1-3,5-12H3,(H,63,75)(H,65,76)(H,66,72)(H,67,74)/t38-,41?,46?,54-,60?,62?,71?/m0/s1. The molecule has 2 fully saturated rings. The van der Waals surface area contributed by atoms with Gasteiger partial charge in [0.1, 0.15) is 24.0 Å². The van der Waals surface area contributed by atoms with Crippen LogP contribution in [0.15, 0.2) is 72.5 Å². The SMILES string of the molecule is C=CNC(=O)c1cc(OC)c(OCCCOc2cc3c(cc2OC)C(=O)N2C=C(c4ccc(OC)cc4)CC2C=N3)cc1N1C(NC(=O)[C@H](C)NC(=O)[C@@H](NC(=O)CCCCCN2C(=O)CC(NC(C)(CC)CC)C2=O)C(C)C)C1(C)CC. The average Bonchev–Trinajstić information content (AvgIpc) is 2.66. The van der Waals surface area contributed by atoms with E-state index in [-0.39, 0.29) is 85.0 Å². The number of anilines is 1. The highest BCUT2D eigenvalue weighted by molar-refractivity contribution is 6.07. The van der Waals surface area contributed by atoms with E-state index in [1.165, 1.54) is 25.3 Å². The molecule has 2 saturated heterocycles. The molecule has 5 N–H and O–H groups in total. The second-order valence-electron chi connectivity index (χ2n) is 22.3. The summed E-state index contributed by atoms with van der Waals surface area (Å²) in [4.78, 5) is 104. The van der Waals surface area contributed by atoms with Crippen LogP contribution in [-0.2, 0) is 24.0 Å². The topological polar surface area (TPSA) is 248 Å². The second kappa shape index (κ2) is 27.4. The zero-order valence-corrected chi connectivity index (χ0v) is 49.9. The third-order valence-electron chi connectivity index (χ3n) is 16.5. The first-order valence-corrected chi connectivity index (χ1v) is 28.8. The lowest BCUT2D eigenvalue weighted by Gasteiger charge is -2.31. The minimum absolute atomic E-state index is 0.135. The maximum atomic E-state index is 13.9. The number of fused-ring (bicyclic) bond motifs is 2. The number of benzene rings is 3. The van der Waals surface area contributed by atoms with Gasteiger partial charge in [0.15, 0.2) is 23.0 Å². The van der Waals surface area contributed by atoms with Gasteiger partial charge in [-0.2, -0.15) is 0 Å². The third-order valence-corrected chi connectivity index (χ3v) is 16.5. The average molecular weight is 1150 g/mol. The number of amides is 7. The van der Waals surface area contributed by atoms with Crippen LogP contribution in [0.2, 0.25) is 0 Å². The van der Waals surface area contributed by atoms with Gasteiger partial charge in [0, 0.05) is 55.9 Å². The number of unbranched alkanes of at least 4 members (excludes halogenated alkanes) is 2. The van der Waals surface area contributed by atoms with Crippen LogP contribution < -0.4 is 55.2 Å². The first kappa shape index (κ1) is 62.7. The fraction of sp³-hybridized carbons (Fsp3) is 0.516. The van der Waals surface area contributed by atoms with Crippen molar-refractivity contribution in [3.8, 4) is 28.7 Å². The zero-order valence-electron chi connectivity index (χ0n) is 49.9. The van der Waals surface area contributed by atoms with Crippen molar-refractivity contribution < 1.29 is 57.2 Å². The molecule has 6 atom stereocenters. The Bertz CT molecular complexity index is 2980. The molecule has 0 saturated carbocycles. The molecule has 0 aromatic heterocycles. The normalized spacial score (nSPS) is 19.7. The van der Waals surface area contributed by atoms with Crippen LogP contribution in [-0.4, -0.2) is 140 Å². The summed E-state index contributed by atoms with van der Waals surface area (Å²) in [6.07, 6.45) is 9.44. The number of hydrogen-bond donors (Lipinski definition) is 5. The highest BCUT2D eigenvalue weighted by Gasteiger charge is 2.60. The smallest absolute Gasteiger partial charge is 0.260 e. The van der Waals surface area contributed by atoms with Crippen molar-refractivity contribution in [2.45, 2.75) is 161 Å². The van der Waals surface area contributed by atoms with Crippen molar-refractivity contribution in [1.29, 1.82) is 0 Å². The van der Waals surface area contributed by atoms with Crippen LogP contribution in [0.25, 0.3) is 5.57 Å². The molecule has 448 valence electrons. The van der Waals surface area contributed by atoms with Crippen LogP contribution in [0, 0.1) is 5.92 Å². The molecule has 7 amide bonds. The van der Waals surface area contributed by atoms with E-state index < -0.39 is 47.6 Å². The van der Waals surface area contributed by atoms with E-state index in [1.807, 2.05) is 49.2 Å². The van der Waals surface area contributed by atoms with Crippen molar-refractivity contribution >= 4 is 64.5 Å². The Hall–Kier alpha value is -7.94. The van der Waals surface area contributed by atoms with Gasteiger partial charge in [-0.15, -0.1) is 0 Å². The van der Waals surface area contributed by atoms with Crippen molar-refractivity contribution in [3.05, 3.63) is 84.2 Å². The van der Waals surface area contributed by atoms with Crippen LogP contribution in [0.3, 0.4) is 0 Å². The van der Waals surface area contributed by atoms with E-state index in [0.29, 0.717) is 72.7 Å². The van der Waals surface area contributed by atoms with Gasteiger partial charge < -0.3 is 60.1 Å². The lowest BCUT2D eigenvalue weighted by molar-refractivity contribution is -0.139. The molecule has 4 aliphatic rings. The summed E-state index contributed by atoms with van der Waals surface area (Å²) in [6.45, 7) is 19.6. The zero-order chi connectivity index (χ0) is 60.3. The minimum Gasteiger partial charge on any atom is -0.497 e. The van der Waals surface area contributed by atoms with Gasteiger partial charge in [0.2, 0.25) is 29.5 Å². The Morgan fingerprint density at radius 2 is 1.51 bits per heavy atom. The predicted molar refractivity (Wildman–Crippen MR) is 316 cm³/mol.